The average Bonchev–Trinajstić information content (AvgIpc) is 3.73. The molecular formula is C47H36N4. The molecule has 0 aliphatic heterocycles. The van der Waals surface area contributed by atoms with Crippen molar-refractivity contribution in [2.24, 2.45) is 5.92 Å². The summed E-state index contributed by atoms with van der Waals surface area (Å²) in [4.78, 5) is 0. The number of benzene rings is 5. The zero-order chi connectivity index (χ0) is 35.2. The Labute approximate surface area is 297 Å². The van der Waals surface area contributed by atoms with E-state index < -0.39 is 0 Å². The van der Waals surface area contributed by atoms with Crippen molar-refractivity contribution in [3.05, 3.63) is 155 Å². The fourth-order valence-electron chi connectivity index (χ4n) is 9.06. The van der Waals surface area contributed by atoms with Crippen LogP contribution in [0.2, 0.25) is 0 Å². The number of para-hydroxylation sites is 1. The average molecular weight is 657 g/mol. The molecule has 0 saturated heterocycles. The number of hydrogen-bond donors (Lipinski definition) is 0. The van der Waals surface area contributed by atoms with Crippen molar-refractivity contribution < 1.29 is 0 Å². The lowest BCUT2D eigenvalue weighted by Crippen LogP contribution is -2.17. The molecular weight excluding hydrogens is 621 g/mol. The first-order valence-electron chi connectivity index (χ1n) is 17.6. The first kappa shape index (κ1) is 30.7. The van der Waals surface area contributed by atoms with Crippen LogP contribution < -0.4 is 0 Å². The highest BCUT2D eigenvalue weighted by Gasteiger charge is 2.41. The molecule has 0 amide bonds. The second kappa shape index (κ2) is 11.1. The highest BCUT2D eigenvalue weighted by atomic mass is 15.0. The van der Waals surface area contributed by atoms with Crippen LogP contribution in [0, 0.1) is 35.5 Å². The SMILES string of the molecule is C=C/C=C\c1c(C)c2c3c(ccc2n1-c1cc(C#N)c(-n2c4ccccc4c4c5ccccc5ccc42)cc1C#N)C(C)(C)C1=C3C(C)CC=C1. The number of nitrogens with zero attached hydrogens (tertiary/aromatic N) is 4. The smallest absolute Gasteiger partial charge is 0.101 e. The fraction of sp³-hybridized carbons (Fsp3) is 0.149. The predicted octanol–water partition coefficient (Wildman–Crippen LogP) is 11.8. The monoisotopic (exact) mass is 656 g/mol. The summed E-state index contributed by atoms with van der Waals surface area (Å²) >= 11 is 0. The summed E-state index contributed by atoms with van der Waals surface area (Å²) in [6, 6.07) is 34.4. The van der Waals surface area contributed by atoms with Crippen LogP contribution >= 0.6 is 0 Å². The first-order valence-corrected chi connectivity index (χ1v) is 17.6. The molecule has 4 heteroatoms. The van der Waals surface area contributed by atoms with Gasteiger partial charge in [-0.3, -0.25) is 0 Å². The van der Waals surface area contributed by atoms with E-state index in [9.17, 15) is 10.5 Å². The minimum atomic E-state index is -0.114. The van der Waals surface area contributed by atoms with Crippen molar-refractivity contribution in [2.75, 3.05) is 0 Å². The van der Waals surface area contributed by atoms with Gasteiger partial charge in [0.15, 0.2) is 0 Å². The molecule has 0 saturated carbocycles. The highest BCUT2D eigenvalue weighted by molar-refractivity contribution is 6.21. The van der Waals surface area contributed by atoms with Crippen molar-refractivity contribution in [3.8, 4) is 23.5 Å². The Morgan fingerprint density at radius 1 is 0.804 bits per heavy atom. The van der Waals surface area contributed by atoms with Gasteiger partial charge in [-0.1, -0.05) is 106 Å². The number of fused-ring (bicyclic) bond motifs is 9. The number of nitriles is 2. The number of allylic oxidation sites excluding steroid dienone is 6. The number of aryl methyl sites for hydroxylation is 1. The van der Waals surface area contributed by atoms with E-state index >= 15 is 0 Å². The molecule has 0 bridgehead atoms. The molecule has 2 heterocycles. The molecule has 0 N–H and O–H groups in total. The Morgan fingerprint density at radius 3 is 2.22 bits per heavy atom. The van der Waals surface area contributed by atoms with Gasteiger partial charge in [-0.2, -0.15) is 10.5 Å². The quantitative estimate of drug-likeness (QED) is 0.177. The fourth-order valence-corrected chi connectivity index (χ4v) is 9.06. The van der Waals surface area contributed by atoms with Gasteiger partial charge >= 0.3 is 0 Å². The lowest BCUT2D eigenvalue weighted by molar-refractivity contribution is 0.643. The van der Waals surface area contributed by atoms with Crippen molar-refractivity contribution in [1.29, 1.82) is 10.5 Å². The maximum absolute atomic E-state index is 10.9. The molecule has 51 heavy (non-hydrogen) atoms. The van der Waals surface area contributed by atoms with Gasteiger partial charge in [0, 0.05) is 27.3 Å². The Hall–Kier alpha value is -6.36. The van der Waals surface area contributed by atoms with E-state index in [1.165, 1.54) is 27.7 Å². The lowest BCUT2D eigenvalue weighted by Gasteiger charge is -2.25. The summed E-state index contributed by atoms with van der Waals surface area (Å²) in [7, 11) is 0. The van der Waals surface area contributed by atoms with Crippen molar-refractivity contribution >= 4 is 55.1 Å². The summed E-state index contributed by atoms with van der Waals surface area (Å²) in [5.41, 5.74) is 12.9. The van der Waals surface area contributed by atoms with E-state index in [0.717, 1.165) is 55.8 Å². The third-order valence-corrected chi connectivity index (χ3v) is 11.4. The lowest BCUT2D eigenvalue weighted by atomic mass is 9.79. The number of aromatic nitrogens is 2. The molecule has 0 radical (unpaired) electrons. The maximum atomic E-state index is 10.9. The van der Waals surface area contributed by atoms with Crippen molar-refractivity contribution in [2.45, 2.75) is 39.5 Å². The molecule has 1 unspecified atom stereocenters. The van der Waals surface area contributed by atoms with Crippen LogP contribution in [0.25, 0.3) is 66.5 Å². The summed E-state index contributed by atoms with van der Waals surface area (Å²) in [5.74, 6) is 0.397. The molecule has 4 nitrogen and oxygen atoms in total. The number of hydrogen-bond acceptors (Lipinski definition) is 2. The van der Waals surface area contributed by atoms with Gasteiger partial charge in [0.05, 0.1) is 39.1 Å². The third kappa shape index (κ3) is 4.11. The second-order valence-corrected chi connectivity index (χ2v) is 14.5. The van der Waals surface area contributed by atoms with Gasteiger partial charge < -0.3 is 9.13 Å². The van der Waals surface area contributed by atoms with Crippen LogP contribution in [-0.2, 0) is 5.41 Å². The Bertz CT molecular complexity index is 2870. The summed E-state index contributed by atoms with van der Waals surface area (Å²) < 4.78 is 4.33. The third-order valence-electron chi connectivity index (χ3n) is 11.4. The highest BCUT2D eigenvalue weighted by Crippen LogP contribution is 2.55. The molecule has 9 rings (SSSR count). The summed E-state index contributed by atoms with van der Waals surface area (Å²) in [6.07, 6.45) is 11.5. The molecule has 7 aromatic rings. The van der Waals surface area contributed by atoms with Gasteiger partial charge in [-0.05, 0) is 94.3 Å². The van der Waals surface area contributed by atoms with Crippen LogP contribution in [0.3, 0.4) is 0 Å². The Kier molecular flexibility index (Phi) is 6.66. The normalized spacial score (nSPS) is 16.3. The van der Waals surface area contributed by atoms with E-state index in [1.54, 1.807) is 6.08 Å². The maximum Gasteiger partial charge on any atom is 0.101 e. The molecule has 0 spiro atoms. The van der Waals surface area contributed by atoms with Gasteiger partial charge in [0.2, 0.25) is 0 Å². The minimum absolute atomic E-state index is 0.114. The first-order chi connectivity index (χ1) is 24.8. The molecule has 2 aliphatic carbocycles. The molecule has 0 fully saturated rings. The number of rotatable bonds is 4. The second-order valence-electron chi connectivity index (χ2n) is 14.5. The largest absolute Gasteiger partial charge is 0.308 e. The summed E-state index contributed by atoms with van der Waals surface area (Å²) in [5, 5.41) is 27.5. The van der Waals surface area contributed by atoms with Gasteiger partial charge in [0.25, 0.3) is 0 Å². The van der Waals surface area contributed by atoms with Crippen LogP contribution in [0.1, 0.15) is 60.7 Å². The van der Waals surface area contributed by atoms with Crippen molar-refractivity contribution in [3.63, 3.8) is 0 Å². The molecule has 244 valence electrons. The van der Waals surface area contributed by atoms with E-state index in [4.69, 9.17) is 0 Å². The molecule has 2 aliphatic rings. The molecule has 5 aromatic carbocycles. The minimum Gasteiger partial charge on any atom is -0.308 e. The Morgan fingerprint density at radius 2 is 1.47 bits per heavy atom. The van der Waals surface area contributed by atoms with Gasteiger partial charge in [-0.15, -0.1) is 0 Å². The summed E-state index contributed by atoms with van der Waals surface area (Å²) in [6.45, 7) is 13.1. The van der Waals surface area contributed by atoms with Crippen molar-refractivity contribution in [1.82, 2.24) is 9.13 Å². The molecule has 1 atom stereocenters. The van der Waals surface area contributed by atoms with Crippen LogP contribution in [0.5, 0.6) is 0 Å². The Balaban J connectivity index is 1.36. The van der Waals surface area contributed by atoms with Crippen LogP contribution in [0.4, 0.5) is 0 Å². The van der Waals surface area contributed by atoms with Gasteiger partial charge in [0.1, 0.15) is 12.1 Å². The zero-order valence-corrected chi connectivity index (χ0v) is 29.3. The van der Waals surface area contributed by atoms with Gasteiger partial charge in [-0.25, -0.2) is 0 Å². The topological polar surface area (TPSA) is 57.4 Å². The van der Waals surface area contributed by atoms with E-state index in [1.807, 2.05) is 24.3 Å². The predicted molar refractivity (Wildman–Crippen MR) is 211 cm³/mol. The van der Waals surface area contributed by atoms with E-state index in [-0.39, 0.29) is 5.41 Å². The zero-order valence-electron chi connectivity index (χ0n) is 29.3. The standard InChI is InChI=1S/C47H36N4/c1-6-7-18-37-29(3)44-39(23-21-36-46(44)43-28(2)13-12-17-35(43)47(36,4)5)50(37)41-24-32(27-49)42(25-31(41)26-48)51-38-19-11-10-16-34(38)45-33-15-9-8-14-30(33)20-22-40(45)51/h6-12,14-25,28H,1,13H2,2-5H3/b18-7-. The van der Waals surface area contributed by atoms with Crippen LogP contribution in [-0.4, -0.2) is 9.13 Å². The molecule has 2 aromatic heterocycles. The van der Waals surface area contributed by atoms with E-state index in [2.05, 4.69) is 141 Å². The van der Waals surface area contributed by atoms with E-state index in [0.29, 0.717) is 28.4 Å². The van der Waals surface area contributed by atoms with Crippen LogP contribution in [0.15, 0.2) is 121 Å².